The van der Waals surface area contributed by atoms with Crippen LogP contribution < -0.4 is 0 Å². The van der Waals surface area contributed by atoms with E-state index in [1.807, 2.05) is 0 Å². The van der Waals surface area contributed by atoms with Gasteiger partial charge >= 0.3 is 5.97 Å². The highest BCUT2D eigenvalue weighted by atomic mass is 16.5. The fourth-order valence-electron chi connectivity index (χ4n) is 3.35. The van der Waals surface area contributed by atoms with Crippen molar-refractivity contribution < 1.29 is 19.4 Å². The topological polar surface area (TPSA) is 59.0 Å². The summed E-state index contributed by atoms with van der Waals surface area (Å²) < 4.78 is 10.3. The predicted molar refractivity (Wildman–Crippen MR) is 66.5 cm³/mol. The number of likely N-dealkylation sites (tertiary alicyclic amines) is 1. The van der Waals surface area contributed by atoms with Crippen LogP contribution in [-0.4, -0.2) is 62.5 Å². The van der Waals surface area contributed by atoms with Crippen molar-refractivity contribution in [2.45, 2.75) is 19.3 Å². The summed E-state index contributed by atoms with van der Waals surface area (Å²) in [4.78, 5) is 13.7. The molecule has 5 nitrogen and oxygen atoms in total. The van der Waals surface area contributed by atoms with Gasteiger partial charge in [0.1, 0.15) is 0 Å². The molecule has 18 heavy (non-hydrogen) atoms. The second kappa shape index (κ2) is 5.99. The van der Waals surface area contributed by atoms with Crippen molar-refractivity contribution in [3.05, 3.63) is 0 Å². The molecule has 1 saturated carbocycles. The quantitative estimate of drug-likeness (QED) is 0.685. The molecule has 0 aromatic rings. The summed E-state index contributed by atoms with van der Waals surface area (Å²) in [6.07, 6.45) is 2.97. The average molecular weight is 257 g/mol. The number of nitrogens with zero attached hydrogens (tertiary/aromatic N) is 1. The number of carbonyl (C=O) groups is 1. The van der Waals surface area contributed by atoms with Gasteiger partial charge in [0.05, 0.1) is 25.2 Å². The van der Waals surface area contributed by atoms with E-state index >= 15 is 0 Å². The fourth-order valence-corrected chi connectivity index (χ4v) is 3.35. The van der Waals surface area contributed by atoms with E-state index in [9.17, 15) is 9.90 Å². The molecule has 2 fully saturated rings. The molecule has 5 heteroatoms. The summed E-state index contributed by atoms with van der Waals surface area (Å²) in [5.41, 5.74) is -0.466. The zero-order valence-corrected chi connectivity index (χ0v) is 11.1. The van der Waals surface area contributed by atoms with Gasteiger partial charge in [-0.2, -0.15) is 0 Å². The van der Waals surface area contributed by atoms with Crippen LogP contribution >= 0.6 is 0 Å². The summed E-state index contributed by atoms with van der Waals surface area (Å²) in [6, 6.07) is 0. The standard InChI is InChI=1S/C13H23NO4/c1-17-7-8-18-6-5-14-9-11-3-2-4-13(11,10-14)12(15)16/h11H,2-10H2,1H3,(H,15,16)/t11-,13+/m0/s1. The Kier molecular flexibility index (Phi) is 4.59. The second-order valence-corrected chi connectivity index (χ2v) is 5.39. The molecular formula is C13H23NO4. The molecule has 1 aliphatic carbocycles. The minimum atomic E-state index is -0.604. The molecule has 1 aliphatic heterocycles. The first kappa shape index (κ1) is 13.8. The van der Waals surface area contributed by atoms with Gasteiger partial charge in [0.2, 0.25) is 0 Å². The molecule has 0 unspecified atom stereocenters. The third kappa shape index (κ3) is 2.68. The van der Waals surface area contributed by atoms with Crippen LogP contribution in [0.5, 0.6) is 0 Å². The Hall–Kier alpha value is -0.650. The fraction of sp³-hybridized carbons (Fsp3) is 0.923. The first-order valence-corrected chi connectivity index (χ1v) is 6.71. The molecule has 1 saturated heterocycles. The molecule has 0 amide bonds. The largest absolute Gasteiger partial charge is 0.481 e. The third-order valence-corrected chi connectivity index (χ3v) is 4.35. The van der Waals surface area contributed by atoms with Gasteiger partial charge in [-0.05, 0) is 18.8 Å². The number of hydrogen-bond acceptors (Lipinski definition) is 4. The molecular weight excluding hydrogens is 234 g/mol. The highest BCUT2D eigenvalue weighted by Gasteiger charge is 2.54. The van der Waals surface area contributed by atoms with Crippen molar-refractivity contribution in [1.82, 2.24) is 4.90 Å². The molecule has 0 radical (unpaired) electrons. The number of ether oxygens (including phenoxy) is 2. The second-order valence-electron chi connectivity index (χ2n) is 5.39. The normalized spacial score (nSPS) is 31.7. The first-order valence-electron chi connectivity index (χ1n) is 6.71. The highest BCUT2D eigenvalue weighted by Crippen LogP contribution is 2.48. The van der Waals surface area contributed by atoms with Crippen molar-refractivity contribution in [2.75, 3.05) is 46.6 Å². The third-order valence-electron chi connectivity index (χ3n) is 4.35. The maximum Gasteiger partial charge on any atom is 0.311 e. The number of fused-ring (bicyclic) bond motifs is 1. The monoisotopic (exact) mass is 257 g/mol. The van der Waals surface area contributed by atoms with Crippen molar-refractivity contribution >= 4 is 5.97 Å². The Labute approximate surface area is 108 Å². The van der Waals surface area contributed by atoms with Crippen LogP contribution in [0.3, 0.4) is 0 Å². The van der Waals surface area contributed by atoms with Crippen LogP contribution in [0.4, 0.5) is 0 Å². The van der Waals surface area contributed by atoms with Gasteiger partial charge in [-0.15, -0.1) is 0 Å². The van der Waals surface area contributed by atoms with Crippen molar-refractivity contribution in [2.24, 2.45) is 11.3 Å². The maximum absolute atomic E-state index is 11.5. The van der Waals surface area contributed by atoms with Crippen molar-refractivity contribution in [3.8, 4) is 0 Å². The number of carboxylic acid groups (broad SMARTS) is 1. The molecule has 1 N–H and O–H groups in total. The molecule has 2 aliphatic rings. The molecule has 2 atom stereocenters. The van der Waals surface area contributed by atoms with Gasteiger partial charge in [-0.3, -0.25) is 9.69 Å². The van der Waals surface area contributed by atoms with Crippen LogP contribution in [0.15, 0.2) is 0 Å². The maximum atomic E-state index is 11.5. The van der Waals surface area contributed by atoms with E-state index in [2.05, 4.69) is 4.90 Å². The van der Waals surface area contributed by atoms with Gasteiger partial charge in [0, 0.05) is 26.7 Å². The summed E-state index contributed by atoms with van der Waals surface area (Å²) in [5.74, 6) is -0.262. The number of hydrogen-bond donors (Lipinski definition) is 1. The van der Waals surface area contributed by atoms with Crippen LogP contribution in [-0.2, 0) is 14.3 Å². The van der Waals surface area contributed by atoms with E-state index in [-0.39, 0.29) is 0 Å². The lowest BCUT2D eigenvalue weighted by molar-refractivity contribution is -0.149. The van der Waals surface area contributed by atoms with E-state index in [0.717, 1.165) is 32.4 Å². The molecule has 2 rings (SSSR count). The summed E-state index contributed by atoms with van der Waals surface area (Å²) in [7, 11) is 1.65. The van der Waals surface area contributed by atoms with E-state index < -0.39 is 11.4 Å². The highest BCUT2D eigenvalue weighted by molar-refractivity contribution is 5.76. The Morgan fingerprint density at radius 1 is 1.44 bits per heavy atom. The molecule has 0 aromatic heterocycles. The summed E-state index contributed by atoms with van der Waals surface area (Å²) in [6.45, 7) is 4.32. The molecule has 1 heterocycles. The minimum absolute atomic E-state index is 0.342. The average Bonchev–Trinajstić information content (AvgIpc) is 2.86. The van der Waals surface area contributed by atoms with E-state index in [1.165, 1.54) is 0 Å². The molecule has 0 aromatic carbocycles. The van der Waals surface area contributed by atoms with Gasteiger partial charge < -0.3 is 14.6 Å². The Balaban J connectivity index is 1.76. The van der Waals surface area contributed by atoms with E-state index in [0.29, 0.717) is 32.3 Å². The van der Waals surface area contributed by atoms with E-state index in [1.54, 1.807) is 7.11 Å². The van der Waals surface area contributed by atoms with Crippen LogP contribution in [0, 0.1) is 11.3 Å². The summed E-state index contributed by atoms with van der Waals surface area (Å²) in [5, 5.41) is 9.46. The zero-order chi connectivity index (χ0) is 13.0. The van der Waals surface area contributed by atoms with Crippen LogP contribution in [0.1, 0.15) is 19.3 Å². The number of rotatable bonds is 7. The number of methoxy groups -OCH3 is 1. The van der Waals surface area contributed by atoms with Crippen molar-refractivity contribution in [1.29, 1.82) is 0 Å². The number of aliphatic carboxylic acids is 1. The SMILES string of the molecule is COCCOCCN1C[C@@H]2CCC[C@@]2(C(=O)O)C1. The van der Waals surface area contributed by atoms with Crippen LogP contribution in [0.25, 0.3) is 0 Å². The zero-order valence-electron chi connectivity index (χ0n) is 11.1. The Bertz CT molecular complexity index is 297. The minimum Gasteiger partial charge on any atom is -0.481 e. The van der Waals surface area contributed by atoms with Gasteiger partial charge in [-0.25, -0.2) is 0 Å². The Morgan fingerprint density at radius 2 is 2.28 bits per heavy atom. The van der Waals surface area contributed by atoms with Crippen molar-refractivity contribution in [3.63, 3.8) is 0 Å². The lowest BCUT2D eigenvalue weighted by Crippen LogP contribution is -2.36. The predicted octanol–water partition coefficient (Wildman–Crippen LogP) is 0.836. The smallest absolute Gasteiger partial charge is 0.311 e. The molecule has 104 valence electrons. The van der Waals surface area contributed by atoms with Gasteiger partial charge in [-0.1, -0.05) is 6.42 Å². The van der Waals surface area contributed by atoms with Gasteiger partial charge in [0.25, 0.3) is 0 Å². The van der Waals surface area contributed by atoms with E-state index in [4.69, 9.17) is 9.47 Å². The molecule has 0 bridgehead atoms. The first-order chi connectivity index (χ1) is 8.69. The van der Waals surface area contributed by atoms with Gasteiger partial charge in [0.15, 0.2) is 0 Å². The lowest BCUT2D eigenvalue weighted by Gasteiger charge is -2.23. The lowest BCUT2D eigenvalue weighted by atomic mass is 9.81. The Morgan fingerprint density at radius 3 is 2.94 bits per heavy atom. The number of carboxylic acids is 1. The summed E-state index contributed by atoms with van der Waals surface area (Å²) >= 11 is 0. The van der Waals surface area contributed by atoms with Crippen LogP contribution in [0.2, 0.25) is 0 Å². The molecule has 0 spiro atoms.